The van der Waals surface area contributed by atoms with E-state index in [-0.39, 0.29) is 0 Å². The maximum absolute atomic E-state index is 4.62. The van der Waals surface area contributed by atoms with E-state index in [1.165, 1.54) is 92.5 Å². The zero-order valence-corrected chi connectivity index (χ0v) is 30.1. The zero-order chi connectivity index (χ0) is 33.2. The van der Waals surface area contributed by atoms with Crippen LogP contribution in [0.4, 0.5) is 0 Å². The third-order valence-corrected chi connectivity index (χ3v) is 8.45. The molecular formula is C44H62. The second kappa shape index (κ2) is 20.6. The van der Waals surface area contributed by atoms with Gasteiger partial charge in [-0.15, -0.1) is 6.58 Å². The van der Waals surface area contributed by atoms with Gasteiger partial charge >= 0.3 is 0 Å². The second-order valence-corrected chi connectivity index (χ2v) is 12.0. The monoisotopic (exact) mass is 590 g/mol. The van der Waals surface area contributed by atoms with Crippen molar-refractivity contribution in [2.45, 2.75) is 121 Å². The van der Waals surface area contributed by atoms with Gasteiger partial charge in [0.05, 0.1) is 0 Å². The predicted octanol–water partition coefficient (Wildman–Crippen LogP) is 13.8. The third-order valence-electron chi connectivity index (χ3n) is 8.45. The fourth-order valence-electron chi connectivity index (χ4n) is 5.55. The van der Waals surface area contributed by atoms with Crippen LogP contribution in [-0.4, -0.2) is 0 Å². The molecule has 0 atom stereocenters. The third kappa shape index (κ3) is 12.0. The molecule has 3 aromatic carbocycles. The molecule has 0 aromatic heterocycles. The van der Waals surface area contributed by atoms with Gasteiger partial charge in [-0.2, -0.15) is 0 Å². The Morgan fingerprint density at radius 2 is 1.36 bits per heavy atom. The van der Waals surface area contributed by atoms with Crippen molar-refractivity contribution in [3.8, 4) is 0 Å². The smallest absolute Gasteiger partial charge is 0.0103 e. The second-order valence-electron chi connectivity index (χ2n) is 12.0. The van der Waals surface area contributed by atoms with E-state index >= 15 is 0 Å². The van der Waals surface area contributed by atoms with Crippen LogP contribution in [0.3, 0.4) is 0 Å². The minimum Gasteiger partial charge on any atom is -0.100 e. The Morgan fingerprint density at radius 1 is 0.750 bits per heavy atom. The van der Waals surface area contributed by atoms with E-state index in [9.17, 15) is 0 Å². The largest absolute Gasteiger partial charge is 0.100 e. The summed E-state index contributed by atoms with van der Waals surface area (Å²) in [7, 11) is 0. The molecular weight excluding hydrogens is 528 g/mol. The molecule has 0 heterocycles. The van der Waals surface area contributed by atoms with Gasteiger partial charge in [0, 0.05) is 0 Å². The molecule has 0 heteroatoms. The summed E-state index contributed by atoms with van der Waals surface area (Å²) in [6, 6.07) is 19.9. The fourth-order valence-corrected chi connectivity index (χ4v) is 5.55. The van der Waals surface area contributed by atoms with Crippen LogP contribution < -0.4 is 0 Å². The normalized spacial score (nSPS) is 11.0. The Kier molecular flexibility index (Phi) is 18.1. The van der Waals surface area contributed by atoms with E-state index in [4.69, 9.17) is 0 Å². The lowest BCUT2D eigenvalue weighted by Crippen LogP contribution is -2.01. The number of hydrogen-bond acceptors (Lipinski definition) is 0. The standard InChI is InChI=1S/C31H40.C11H16.C2H6/c1-11-27-19-30(28(12-2)18-24(27)8)31(21(5)15-13-14-20(3)4)26(10)29-16-22(6)25(9)23(7)17-29;1-2-3-5-8-11-9-6-4-7-10-11;1-2/h12,16-19H,2-3,10-11,13-15H2,1,4-9H3;4,6-7,9-10H,2-3,5,8H2,1H3;1-2H3/b31-21+;;. The Hall–Kier alpha value is -3.38. The fraction of sp³-hybridized carbons (Fsp3) is 0.409. The predicted molar refractivity (Wildman–Crippen MR) is 203 cm³/mol. The summed E-state index contributed by atoms with van der Waals surface area (Å²) in [6.07, 6.45) is 11.5. The van der Waals surface area contributed by atoms with Crippen LogP contribution in [0.1, 0.15) is 130 Å². The molecule has 0 nitrogen and oxygen atoms in total. The van der Waals surface area contributed by atoms with E-state index in [1.807, 2.05) is 19.9 Å². The Balaban J connectivity index is 0.000000620. The van der Waals surface area contributed by atoms with Crippen LogP contribution in [0.5, 0.6) is 0 Å². The van der Waals surface area contributed by atoms with E-state index in [0.29, 0.717) is 0 Å². The average molecular weight is 591 g/mol. The maximum Gasteiger partial charge on any atom is -0.0103 e. The molecule has 0 aliphatic carbocycles. The van der Waals surface area contributed by atoms with Crippen molar-refractivity contribution in [3.05, 3.63) is 136 Å². The Morgan fingerprint density at radius 3 is 1.89 bits per heavy atom. The van der Waals surface area contributed by atoms with Gasteiger partial charge in [0.1, 0.15) is 0 Å². The maximum atomic E-state index is 4.62. The Bertz CT molecular complexity index is 1350. The van der Waals surface area contributed by atoms with Crippen LogP contribution in [0.15, 0.2) is 85.5 Å². The van der Waals surface area contributed by atoms with Gasteiger partial charge in [-0.25, -0.2) is 0 Å². The highest BCUT2D eigenvalue weighted by Gasteiger charge is 2.17. The molecule has 3 rings (SSSR count). The lowest BCUT2D eigenvalue weighted by molar-refractivity contribution is 0.717. The summed E-state index contributed by atoms with van der Waals surface area (Å²) in [5, 5.41) is 0. The van der Waals surface area contributed by atoms with Gasteiger partial charge in [0.2, 0.25) is 0 Å². The summed E-state index contributed by atoms with van der Waals surface area (Å²) >= 11 is 0. The number of hydrogen-bond donors (Lipinski definition) is 0. The van der Waals surface area contributed by atoms with Gasteiger partial charge in [0.15, 0.2) is 0 Å². The molecule has 0 fully saturated rings. The van der Waals surface area contributed by atoms with Gasteiger partial charge in [-0.1, -0.05) is 126 Å². The molecule has 0 aliphatic heterocycles. The molecule has 0 saturated carbocycles. The van der Waals surface area contributed by atoms with Crippen molar-refractivity contribution in [2.75, 3.05) is 0 Å². The first kappa shape index (κ1) is 38.6. The highest BCUT2D eigenvalue weighted by molar-refractivity contribution is 6.07. The first-order chi connectivity index (χ1) is 21.0. The molecule has 0 bridgehead atoms. The van der Waals surface area contributed by atoms with Crippen molar-refractivity contribution >= 4 is 17.2 Å². The minimum absolute atomic E-state index is 1.02. The van der Waals surface area contributed by atoms with Crippen molar-refractivity contribution in [2.24, 2.45) is 0 Å². The summed E-state index contributed by atoms with van der Waals surface area (Å²) in [4.78, 5) is 0. The number of allylic oxidation sites excluding steroid dienone is 4. The Labute approximate surface area is 272 Å². The van der Waals surface area contributed by atoms with Gasteiger partial charge in [0.25, 0.3) is 0 Å². The molecule has 0 saturated heterocycles. The quantitative estimate of drug-likeness (QED) is 0.105. The lowest BCUT2D eigenvalue weighted by atomic mass is 9.83. The van der Waals surface area contributed by atoms with Crippen LogP contribution >= 0.6 is 0 Å². The lowest BCUT2D eigenvalue weighted by Gasteiger charge is -2.21. The van der Waals surface area contributed by atoms with E-state index in [1.54, 1.807) is 0 Å². The van der Waals surface area contributed by atoms with Crippen molar-refractivity contribution in [3.63, 3.8) is 0 Å². The molecule has 0 N–H and O–H groups in total. The highest BCUT2D eigenvalue weighted by atomic mass is 14.2. The van der Waals surface area contributed by atoms with Crippen molar-refractivity contribution in [1.29, 1.82) is 0 Å². The van der Waals surface area contributed by atoms with Crippen LogP contribution in [0.25, 0.3) is 17.2 Å². The van der Waals surface area contributed by atoms with E-state index in [0.717, 1.165) is 31.3 Å². The van der Waals surface area contributed by atoms with Crippen molar-refractivity contribution in [1.82, 2.24) is 0 Å². The summed E-state index contributed by atoms with van der Waals surface area (Å²) < 4.78 is 0. The molecule has 0 amide bonds. The topological polar surface area (TPSA) is 0 Å². The summed E-state index contributed by atoms with van der Waals surface area (Å²) in [5.74, 6) is 0. The average Bonchev–Trinajstić information content (AvgIpc) is 3.02. The molecule has 238 valence electrons. The van der Waals surface area contributed by atoms with Gasteiger partial charge in [-0.05, 0) is 141 Å². The SMILES string of the molecule is C=Cc1cc(C)c(CC)cc1/C(C(=C)c1cc(C)c(C)c(C)c1)=C(\C)CCCC(=C)C.CC.CCCCCc1ccccc1. The van der Waals surface area contributed by atoms with Crippen LogP contribution in [0, 0.1) is 27.7 Å². The first-order valence-corrected chi connectivity index (χ1v) is 17.0. The number of unbranched alkanes of at least 4 members (excludes halogenated alkanes) is 2. The van der Waals surface area contributed by atoms with Gasteiger partial charge < -0.3 is 0 Å². The van der Waals surface area contributed by atoms with E-state index in [2.05, 4.69) is 130 Å². The van der Waals surface area contributed by atoms with Crippen LogP contribution in [0.2, 0.25) is 0 Å². The zero-order valence-electron chi connectivity index (χ0n) is 30.1. The molecule has 0 unspecified atom stereocenters. The molecule has 3 aromatic rings. The highest BCUT2D eigenvalue weighted by Crippen LogP contribution is 2.38. The first-order valence-electron chi connectivity index (χ1n) is 17.0. The number of rotatable bonds is 13. The van der Waals surface area contributed by atoms with Crippen LogP contribution in [-0.2, 0) is 12.8 Å². The summed E-state index contributed by atoms with van der Waals surface area (Å²) in [6.45, 7) is 34.4. The minimum atomic E-state index is 1.02. The molecule has 44 heavy (non-hydrogen) atoms. The molecule has 0 aliphatic rings. The molecule has 0 spiro atoms. The molecule has 0 radical (unpaired) electrons. The van der Waals surface area contributed by atoms with E-state index < -0.39 is 0 Å². The number of benzene rings is 3. The summed E-state index contributed by atoms with van der Waals surface area (Å²) in [5.41, 5.74) is 16.8. The van der Waals surface area contributed by atoms with Crippen molar-refractivity contribution < 1.29 is 0 Å². The number of aryl methyl sites for hydroxylation is 5. The van der Waals surface area contributed by atoms with Gasteiger partial charge in [-0.3, -0.25) is 0 Å².